The van der Waals surface area contributed by atoms with Crippen LogP contribution in [0.25, 0.3) is 0 Å². The van der Waals surface area contributed by atoms with Crippen LogP contribution in [0.5, 0.6) is 5.75 Å². The lowest BCUT2D eigenvalue weighted by Crippen LogP contribution is -2.10. The van der Waals surface area contributed by atoms with Gasteiger partial charge in [-0.3, -0.25) is 0 Å². The number of rotatable bonds is 7. The molecule has 0 radical (unpaired) electrons. The van der Waals surface area contributed by atoms with Crippen molar-refractivity contribution in [3.05, 3.63) is 58.6 Å². The highest BCUT2D eigenvalue weighted by Crippen LogP contribution is 2.23. The number of thioether (sulfide) groups is 1. The molecule has 0 bridgehead atoms. The molecule has 0 heterocycles. The molecule has 2 N–H and O–H groups in total. The first kappa shape index (κ1) is 19.2. The summed E-state index contributed by atoms with van der Waals surface area (Å²) in [6, 6.07) is 12.7. The summed E-state index contributed by atoms with van der Waals surface area (Å²) in [5.41, 5.74) is 1.37. The Bertz CT molecular complexity index is 795. The van der Waals surface area contributed by atoms with Gasteiger partial charge in [-0.05, 0) is 42.8 Å². The number of aliphatic hydroxyl groups excluding tert-OH is 1. The summed E-state index contributed by atoms with van der Waals surface area (Å²) in [7, 11) is 0. The van der Waals surface area contributed by atoms with E-state index in [4.69, 9.17) is 26.6 Å². The number of hydrogen-bond acceptors (Lipinski definition) is 4. The summed E-state index contributed by atoms with van der Waals surface area (Å²) in [5.74, 6) is 6.21. The SMILES string of the molecule is O=C(O)COc1ccc(Cl)cc1C#Cc1cccc(SCCCO)c1. The smallest absolute Gasteiger partial charge is 0.341 e. The van der Waals surface area contributed by atoms with E-state index in [2.05, 4.69) is 11.8 Å². The van der Waals surface area contributed by atoms with Gasteiger partial charge >= 0.3 is 5.97 Å². The number of halogens is 1. The van der Waals surface area contributed by atoms with Crippen LogP contribution in [0, 0.1) is 11.8 Å². The van der Waals surface area contributed by atoms with Crippen molar-refractivity contribution in [2.24, 2.45) is 0 Å². The van der Waals surface area contributed by atoms with Crippen LogP contribution in [0.3, 0.4) is 0 Å². The lowest BCUT2D eigenvalue weighted by molar-refractivity contribution is -0.139. The number of hydrogen-bond donors (Lipinski definition) is 2. The van der Waals surface area contributed by atoms with E-state index < -0.39 is 12.6 Å². The van der Waals surface area contributed by atoms with Gasteiger partial charge in [0.15, 0.2) is 6.61 Å². The first-order valence-corrected chi connectivity index (χ1v) is 8.95. The molecular formula is C19H17ClO4S. The fraction of sp³-hybridized carbons (Fsp3) is 0.211. The average Bonchev–Trinajstić information content (AvgIpc) is 2.59. The maximum absolute atomic E-state index is 10.7. The van der Waals surface area contributed by atoms with E-state index in [-0.39, 0.29) is 6.61 Å². The molecule has 0 fully saturated rings. The van der Waals surface area contributed by atoms with E-state index in [1.54, 1.807) is 30.0 Å². The zero-order chi connectivity index (χ0) is 18.1. The third-order valence-corrected chi connectivity index (χ3v) is 4.35. The number of aliphatic hydroxyl groups is 1. The van der Waals surface area contributed by atoms with Crippen molar-refractivity contribution in [3.63, 3.8) is 0 Å². The average molecular weight is 377 g/mol. The van der Waals surface area contributed by atoms with Crippen molar-refractivity contribution in [2.45, 2.75) is 11.3 Å². The minimum absolute atomic E-state index is 0.181. The van der Waals surface area contributed by atoms with Crippen molar-refractivity contribution in [1.82, 2.24) is 0 Å². The minimum Gasteiger partial charge on any atom is -0.481 e. The Kier molecular flexibility index (Phi) is 7.68. The van der Waals surface area contributed by atoms with E-state index in [1.807, 2.05) is 24.3 Å². The van der Waals surface area contributed by atoms with Crippen LogP contribution < -0.4 is 4.74 Å². The lowest BCUT2D eigenvalue weighted by atomic mass is 10.1. The monoisotopic (exact) mass is 376 g/mol. The molecule has 0 amide bonds. The summed E-state index contributed by atoms with van der Waals surface area (Å²) in [5, 5.41) is 18.1. The molecule has 2 aromatic rings. The molecule has 0 aliphatic heterocycles. The molecule has 0 spiro atoms. The summed E-state index contributed by atoms with van der Waals surface area (Å²) in [6.07, 6.45) is 0.743. The summed E-state index contributed by atoms with van der Waals surface area (Å²) < 4.78 is 5.24. The number of carboxylic acids is 1. The van der Waals surface area contributed by atoms with Crippen LogP contribution in [-0.2, 0) is 4.79 Å². The first-order chi connectivity index (χ1) is 12.1. The normalized spacial score (nSPS) is 10.0. The second-order valence-electron chi connectivity index (χ2n) is 5.03. The predicted octanol–water partition coefficient (Wildman–Crippen LogP) is 3.68. The van der Waals surface area contributed by atoms with Gasteiger partial charge in [-0.2, -0.15) is 0 Å². The fourth-order valence-corrected chi connectivity index (χ4v) is 2.99. The van der Waals surface area contributed by atoms with Gasteiger partial charge in [0.2, 0.25) is 0 Å². The third-order valence-electron chi connectivity index (χ3n) is 3.04. The van der Waals surface area contributed by atoms with Gasteiger partial charge in [0.1, 0.15) is 5.75 Å². The van der Waals surface area contributed by atoms with Crippen molar-refractivity contribution in [1.29, 1.82) is 0 Å². The van der Waals surface area contributed by atoms with Gasteiger partial charge in [0.25, 0.3) is 0 Å². The second kappa shape index (κ2) is 10.00. The van der Waals surface area contributed by atoms with Crippen LogP contribution in [-0.4, -0.2) is 35.1 Å². The molecule has 0 aliphatic rings. The van der Waals surface area contributed by atoms with E-state index in [9.17, 15) is 4.79 Å². The maximum Gasteiger partial charge on any atom is 0.341 e. The molecule has 0 aliphatic carbocycles. The predicted molar refractivity (Wildman–Crippen MR) is 99.4 cm³/mol. The molecule has 2 rings (SSSR count). The largest absolute Gasteiger partial charge is 0.481 e. The number of ether oxygens (including phenoxy) is 1. The summed E-state index contributed by atoms with van der Waals surface area (Å²) >= 11 is 7.65. The molecule has 4 nitrogen and oxygen atoms in total. The highest BCUT2D eigenvalue weighted by Gasteiger charge is 2.05. The molecule has 130 valence electrons. The zero-order valence-corrected chi connectivity index (χ0v) is 14.9. The first-order valence-electron chi connectivity index (χ1n) is 7.58. The van der Waals surface area contributed by atoms with Crippen LogP contribution >= 0.6 is 23.4 Å². The van der Waals surface area contributed by atoms with Crippen LogP contribution in [0.15, 0.2) is 47.4 Å². The third kappa shape index (κ3) is 6.71. The van der Waals surface area contributed by atoms with Crippen LogP contribution in [0.2, 0.25) is 5.02 Å². The second-order valence-corrected chi connectivity index (χ2v) is 6.63. The van der Waals surface area contributed by atoms with Crippen molar-refractivity contribution in [3.8, 4) is 17.6 Å². The highest BCUT2D eigenvalue weighted by atomic mass is 35.5. The molecule has 0 saturated heterocycles. The number of aliphatic carboxylic acids is 1. The molecular weight excluding hydrogens is 360 g/mol. The van der Waals surface area contributed by atoms with Gasteiger partial charge in [0, 0.05) is 27.8 Å². The zero-order valence-electron chi connectivity index (χ0n) is 13.4. The number of benzene rings is 2. The molecule has 6 heteroatoms. The molecule has 0 unspecified atom stereocenters. The molecule has 0 saturated carbocycles. The molecule has 0 aromatic heterocycles. The topological polar surface area (TPSA) is 66.8 Å². The van der Waals surface area contributed by atoms with Crippen molar-refractivity contribution >= 4 is 29.3 Å². The standard InChI is InChI=1S/C19H17ClO4S/c20-16-7-8-18(24-13-19(22)23)15(12-16)6-5-14-3-1-4-17(11-14)25-10-2-9-21/h1,3-4,7-8,11-12,21H,2,9-10,13H2,(H,22,23). The Morgan fingerprint density at radius 3 is 2.80 bits per heavy atom. The molecule has 0 atom stereocenters. The van der Waals surface area contributed by atoms with E-state index in [0.29, 0.717) is 16.3 Å². The van der Waals surface area contributed by atoms with Gasteiger partial charge in [-0.15, -0.1) is 11.8 Å². The Balaban J connectivity index is 2.18. The Labute approximate surface area is 155 Å². The van der Waals surface area contributed by atoms with Gasteiger partial charge in [-0.1, -0.05) is 29.5 Å². The van der Waals surface area contributed by atoms with Gasteiger partial charge < -0.3 is 14.9 Å². The molecule has 25 heavy (non-hydrogen) atoms. The molecule has 2 aromatic carbocycles. The van der Waals surface area contributed by atoms with Gasteiger partial charge in [-0.25, -0.2) is 4.79 Å². The van der Waals surface area contributed by atoms with Crippen LogP contribution in [0.1, 0.15) is 17.5 Å². The Morgan fingerprint density at radius 2 is 2.04 bits per heavy atom. The van der Waals surface area contributed by atoms with E-state index in [0.717, 1.165) is 22.6 Å². The Hall–Kier alpha value is -2.13. The summed E-state index contributed by atoms with van der Waals surface area (Å²) in [4.78, 5) is 11.7. The van der Waals surface area contributed by atoms with Crippen LogP contribution in [0.4, 0.5) is 0 Å². The quantitative estimate of drug-likeness (QED) is 0.438. The Morgan fingerprint density at radius 1 is 1.20 bits per heavy atom. The van der Waals surface area contributed by atoms with E-state index >= 15 is 0 Å². The number of carboxylic acid groups (broad SMARTS) is 1. The van der Waals surface area contributed by atoms with Gasteiger partial charge in [0.05, 0.1) is 5.56 Å². The van der Waals surface area contributed by atoms with E-state index in [1.165, 1.54) is 0 Å². The minimum atomic E-state index is -1.05. The van der Waals surface area contributed by atoms with Crippen molar-refractivity contribution in [2.75, 3.05) is 19.0 Å². The highest BCUT2D eigenvalue weighted by molar-refractivity contribution is 7.99. The lowest BCUT2D eigenvalue weighted by Gasteiger charge is -2.06. The van der Waals surface area contributed by atoms with Crippen molar-refractivity contribution < 1.29 is 19.7 Å². The summed E-state index contributed by atoms with van der Waals surface area (Å²) in [6.45, 7) is -0.256. The number of carbonyl (C=O) groups is 1. The maximum atomic E-state index is 10.7. The fourth-order valence-electron chi connectivity index (χ4n) is 1.92.